The number of halogens is 1. The largest absolute Gasteiger partial charge is 0.492 e. The summed E-state index contributed by atoms with van der Waals surface area (Å²) in [6.45, 7) is 0.526. The number of hydrogen-bond donors (Lipinski definition) is 1. The van der Waals surface area contributed by atoms with Crippen LogP contribution in [0.15, 0.2) is 35.2 Å². The Bertz CT molecular complexity index is 555. The van der Waals surface area contributed by atoms with Crippen molar-refractivity contribution < 1.29 is 14.3 Å². The summed E-state index contributed by atoms with van der Waals surface area (Å²) in [4.78, 5) is 18.3. The average Bonchev–Trinajstić information content (AvgIpc) is 2.93. The molecule has 0 aliphatic heterocycles. The van der Waals surface area contributed by atoms with Crippen molar-refractivity contribution in [1.29, 1.82) is 0 Å². The minimum atomic E-state index is -0.371. The fraction of sp³-hybridized carbons (Fsp3) is 0.231. The van der Waals surface area contributed by atoms with E-state index in [0.717, 1.165) is 16.6 Å². The van der Waals surface area contributed by atoms with Crippen LogP contribution in [-0.2, 0) is 11.2 Å². The van der Waals surface area contributed by atoms with Crippen LogP contribution in [0.2, 0.25) is 0 Å². The highest BCUT2D eigenvalue weighted by Crippen LogP contribution is 2.26. The van der Waals surface area contributed by atoms with Crippen molar-refractivity contribution in [2.45, 2.75) is 6.42 Å². The summed E-state index contributed by atoms with van der Waals surface area (Å²) in [5, 5.41) is 0. The van der Waals surface area contributed by atoms with Gasteiger partial charge in [-0.05, 0) is 34.1 Å². The van der Waals surface area contributed by atoms with Crippen LogP contribution in [0.25, 0.3) is 0 Å². The highest BCUT2D eigenvalue weighted by Gasteiger charge is 2.09. The summed E-state index contributed by atoms with van der Waals surface area (Å²) in [5.74, 6) is 0.317. The van der Waals surface area contributed by atoms with Crippen LogP contribution in [0.4, 0.5) is 0 Å². The van der Waals surface area contributed by atoms with E-state index >= 15 is 0 Å². The second kappa shape index (κ2) is 6.38. The Labute approximate surface area is 119 Å². The third-order valence-electron chi connectivity index (χ3n) is 2.54. The van der Waals surface area contributed by atoms with Crippen molar-refractivity contribution >= 4 is 21.9 Å². The van der Waals surface area contributed by atoms with Gasteiger partial charge < -0.3 is 14.5 Å². The molecule has 5 nitrogen and oxygen atoms in total. The number of rotatable bonds is 5. The lowest BCUT2D eigenvalue weighted by Gasteiger charge is -2.08. The molecule has 0 unspecified atom stereocenters. The fourth-order valence-corrected chi connectivity index (χ4v) is 2.05. The molecule has 2 rings (SSSR count). The van der Waals surface area contributed by atoms with Crippen LogP contribution < -0.4 is 4.74 Å². The number of aromatic amines is 1. The molecule has 0 saturated heterocycles. The Hall–Kier alpha value is -1.82. The maximum atomic E-state index is 11.4. The van der Waals surface area contributed by atoms with E-state index in [1.807, 2.05) is 0 Å². The van der Waals surface area contributed by atoms with Gasteiger partial charge in [-0.2, -0.15) is 0 Å². The minimum absolute atomic E-state index is 0.371. The van der Waals surface area contributed by atoms with Crippen molar-refractivity contribution in [3.05, 3.63) is 46.5 Å². The highest BCUT2D eigenvalue weighted by atomic mass is 79.9. The van der Waals surface area contributed by atoms with Crippen molar-refractivity contribution in [3.8, 4) is 5.75 Å². The Kier molecular flexibility index (Phi) is 4.57. The molecule has 0 spiro atoms. The van der Waals surface area contributed by atoms with E-state index in [2.05, 4.69) is 30.6 Å². The molecular weight excluding hydrogens is 312 g/mol. The first-order valence-electron chi connectivity index (χ1n) is 5.68. The van der Waals surface area contributed by atoms with E-state index in [0.29, 0.717) is 17.9 Å². The fourth-order valence-electron chi connectivity index (χ4n) is 1.56. The Morgan fingerprint density at radius 2 is 2.32 bits per heavy atom. The molecule has 0 amide bonds. The van der Waals surface area contributed by atoms with Crippen LogP contribution in [0, 0.1) is 0 Å². The molecule has 0 bridgehead atoms. The van der Waals surface area contributed by atoms with Gasteiger partial charge in [0, 0.05) is 18.3 Å². The number of H-pyrrole nitrogens is 1. The molecule has 100 valence electrons. The molecule has 1 aromatic carbocycles. The van der Waals surface area contributed by atoms with Gasteiger partial charge in [-0.15, -0.1) is 0 Å². The number of hydrogen-bond acceptors (Lipinski definition) is 4. The van der Waals surface area contributed by atoms with Crippen LogP contribution in [0.5, 0.6) is 5.75 Å². The standard InChI is InChI=1S/C13H13BrN2O3/c1-18-13(17)9-2-3-12(11(14)6-9)19-5-4-10-7-15-8-16-10/h2-3,6-8H,4-5H2,1H3,(H,15,16). The first kappa shape index (κ1) is 13.6. The quantitative estimate of drug-likeness (QED) is 0.858. The van der Waals surface area contributed by atoms with Gasteiger partial charge in [-0.25, -0.2) is 9.78 Å². The van der Waals surface area contributed by atoms with Gasteiger partial charge in [-0.1, -0.05) is 0 Å². The molecule has 1 N–H and O–H groups in total. The second-order valence-corrected chi connectivity index (χ2v) is 4.67. The van der Waals surface area contributed by atoms with Gasteiger partial charge in [0.2, 0.25) is 0 Å². The second-order valence-electron chi connectivity index (χ2n) is 3.81. The average molecular weight is 325 g/mol. The number of ether oxygens (including phenoxy) is 2. The van der Waals surface area contributed by atoms with Gasteiger partial charge in [-0.3, -0.25) is 0 Å². The van der Waals surface area contributed by atoms with Crippen LogP contribution in [0.1, 0.15) is 16.1 Å². The van der Waals surface area contributed by atoms with E-state index in [1.54, 1.807) is 30.7 Å². The lowest BCUT2D eigenvalue weighted by molar-refractivity contribution is 0.0600. The maximum Gasteiger partial charge on any atom is 0.337 e. The lowest BCUT2D eigenvalue weighted by Crippen LogP contribution is -2.04. The molecule has 1 aromatic heterocycles. The summed E-state index contributed by atoms with van der Waals surface area (Å²) in [6, 6.07) is 5.09. The van der Waals surface area contributed by atoms with E-state index in [4.69, 9.17) is 4.74 Å². The van der Waals surface area contributed by atoms with Crippen molar-refractivity contribution in [1.82, 2.24) is 9.97 Å². The predicted octanol–water partition coefficient (Wildman–Crippen LogP) is 2.58. The SMILES string of the molecule is COC(=O)c1ccc(OCCc2cnc[nH]2)c(Br)c1. The smallest absolute Gasteiger partial charge is 0.337 e. The molecule has 0 saturated carbocycles. The molecule has 0 aliphatic carbocycles. The summed E-state index contributed by atoms with van der Waals surface area (Å²) in [7, 11) is 1.35. The number of aromatic nitrogens is 2. The Morgan fingerprint density at radius 3 is 2.95 bits per heavy atom. The number of imidazole rings is 1. The number of benzene rings is 1. The van der Waals surface area contributed by atoms with Gasteiger partial charge in [0.05, 0.1) is 30.1 Å². The molecule has 2 aromatic rings. The Balaban J connectivity index is 1.95. The zero-order valence-corrected chi connectivity index (χ0v) is 11.9. The number of carbonyl (C=O) groups excluding carboxylic acids is 1. The highest BCUT2D eigenvalue weighted by molar-refractivity contribution is 9.10. The third-order valence-corrected chi connectivity index (χ3v) is 3.16. The van der Waals surface area contributed by atoms with E-state index < -0.39 is 0 Å². The van der Waals surface area contributed by atoms with Crippen LogP contribution >= 0.6 is 15.9 Å². The molecule has 0 fully saturated rings. The van der Waals surface area contributed by atoms with E-state index in [-0.39, 0.29) is 5.97 Å². The maximum absolute atomic E-state index is 11.4. The molecular formula is C13H13BrN2O3. The molecule has 0 aliphatic rings. The summed E-state index contributed by atoms with van der Waals surface area (Å²) in [5.41, 5.74) is 1.50. The predicted molar refractivity (Wildman–Crippen MR) is 73.3 cm³/mol. The lowest BCUT2D eigenvalue weighted by atomic mass is 10.2. The third kappa shape index (κ3) is 3.57. The van der Waals surface area contributed by atoms with Crippen molar-refractivity contribution in [2.24, 2.45) is 0 Å². The van der Waals surface area contributed by atoms with E-state index in [9.17, 15) is 4.79 Å². The van der Waals surface area contributed by atoms with Gasteiger partial charge >= 0.3 is 5.97 Å². The van der Waals surface area contributed by atoms with Crippen LogP contribution in [-0.4, -0.2) is 29.7 Å². The zero-order chi connectivity index (χ0) is 13.7. The molecule has 1 heterocycles. The minimum Gasteiger partial charge on any atom is -0.492 e. The summed E-state index contributed by atoms with van der Waals surface area (Å²) < 4.78 is 11.0. The first-order valence-corrected chi connectivity index (χ1v) is 6.48. The molecule has 6 heteroatoms. The number of carbonyl (C=O) groups is 1. The van der Waals surface area contributed by atoms with Crippen LogP contribution in [0.3, 0.4) is 0 Å². The number of nitrogens with one attached hydrogen (secondary N) is 1. The monoisotopic (exact) mass is 324 g/mol. The first-order chi connectivity index (χ1) is 9.20. The van der Waals surface area contributed by atoms with Gasteiger partial charge in [0.15, 0.2) is 0 Å². The number of methoxy groups -OCH3 is 1. The number of esters is 1. The number of nitrogens with zero attached hydrogens (tertiary/aromatic N) is 1. The summed E-state index contributed by atoms with van der Waals surface area (Å²) in [6.07, 6.45) is 4.14. The molecule has 0 radical (unpaired) electrons. The molecule has 19 heavy (non-hydrogen) atoms. The topological polar surface area (TPSA) is 64.2 Å². The molecule has 0 atom stereocenters. The Morgan fingerprint density at radius 1 is 1.47 bits per heavy atom. The van der Waals surface area contributed by atoms with Gasteiger partial charge in [0.25, 0.3) is 0 Å². The van der Waals surface area contributed by atoms with Crippen molar-refractivity contribution in [3.63, 3.8) is 0 Å². The van der Waals surface area contributed by atoms with E-state index in [1.165, 1.54) is 7.11 Å². The zero-order valence-electron chi connectivity index (χ0n) is 10.4. The van der Waals surface area contributed by atoms with Crippen molar-refractivity contribution in [2.75, 3.05) is 13.7 Å². The summed E-state index contributed by atoms with van der Waals surface area (Å²) >= 11 is 3.37. The van der Waals surface area contributed by atoms with Gasteiger partial charge in [0.1, 0.15) is 5.75 Å². The normalized spacial score (nSPS) is 10.2.